The monoisotopic (exact) mass is 437 g/mol. The first-order valence-electron chi connectivity index (χ1n) is 9.59. The Labute approximate surface area is 181 Å². The van der Waals surface area contributed by atoms with Crippen LogP contribution in [0.15, 0.2) is 47.8 Å². The maximum Gasteiger partial charge on any atom is 0.259 e. The molecule has 2 N–H and O–H groups in total. The van der Waals surface area contributed by atoms with Crippen molar-refractivity contribution in [1.29, 1.82) is 0 Å². The highest BCUT2D eigenvalue weighted by atomic mass is 32.1. The van der Waals surface area contributed by atoms with Gasteiger partial charge in [-0.15, -0.1) is 11.3 Å². The highest BCUT2D eigenvalue weighted by Gasteiger charge is 2.25. The second kappa shape index (κ2) is 8.27. The van der Waals surface area contributed by atoms with Crippen molar-refractivity contribution < 1.29 is 14.0 Å². The molecule has 0 atom stereocenters. The second-order valence-electron chi connectivity index (χ2n) is 7.09. The third-order valence-corrected chi connectivity index (χ3v) is 5.83. The molecule has 0 unspecified atom stereocenters. The lowest BCUT2D eigenvalue weighted by Gasteiger charge is -2.23. The normalized spacial score (nSPS) is 11.1. The average molecular weight is 438 g/mol. The van der Waals surface area contributed by atoms with Gasteiger partial charge in [0, 0.05) is 25.7 Å². The maximum atomic E-state index is 13.8. The average Bonchev–Trinajstić information content (AvgIpc) is 3.37. The molecule has 0 fully saturated rings. The third-order valence-electron chi connectivity index (χ3n) is 4.94. The van der Waals surface area contributed by atoms with E-state index in [-0.39, 0.29) is 18.9 Å². The number of aryl methyl sites for hydroxylation is 2. The molecule has 0 saturated heterocycles. The SMILES string of the molecule is Cc1nn(C)c2nc(-c3cccs3)cc(C(=O)N(CCC(N)=O)c3ccc(F)cc3)c12. The lowest BCUT2D eigenvalue weighted by atomic mass is 10.1. The molecular formula is C22H20FN5O2S. The lowest BCUT2D eigenvalue weighted by molar-refractivity contribution is -0.117. The van der Waals surface area contributed by atoms with Gasteiger partial charge < -0.3 is 10.6 Å². The molecule has 0 aliphatic heterocycles. The molecule has 158 valence electrons. The molecule has 7 nitrogen and oxygen atoms in total. The van der Waals surface area contributed by atoms with Crippen LogP contribution in [0.2, 0.25) is 0 Å². The van der Waals surface area contributed by atoms with E-state index >= 15 is 0 Å². The van der Waals surface area contributed by atoms with Crippen LogP contribution in [0, 0.1) is 12.7 Å². The number of carbonyl (C=O) groups excluding carboxylic acids is 2. The zero-order chi connectivity index (χ0) is 22.1. The summed E-state index contributed by atoms with van der Waals surface area (Å²) in [4.78, 5) is 32.3. The number of primary amides is 1. The quantitative estimate of drug-likeness (QED) is 0.498. The summed E-state index contributed by atoms with van der Waals surface area (Å²) in [6.07, 6.45) is -0.0266. The summed E-state index contributed by atoms with van der Waals surface area (Å²) in [7, 11) is 1.78. The lowest BCUT2D eigenvalue weighted by Crippen LogP contribution is -2.34. The molecule has 1 aromatic carbocycles. The van der Waals surface area contributed by atoms with Gasteiger partial charge in [-0.05, 0) is 48.7 Å². The topological polar surface area (TPSA) is 94.1 Å². The fourth-order valence-corrected chi connectivity index (χ4v) is 4.19. The summed E-state index contributed by atoms with van der Waals surface area (Å²) in [6, 6.07) is 11.1. The first kappa shape index (κ1) is 20.7. The number of rotatable bonds is 6. The maximum absolute atomic E-state index is 13.8. The van der Waals surface area contributed by atoms with E-state index < -0.39 is 11.7 Å². The molecule has 4 aromatic rings. The van der Waals surface area contributed by atoms with Gasteiger partial charge in [0.05, 0.1) is 27.2 Å². The number of nitrogens with zero attached hydrogens (tertiary/aromatic N) is 4. The van der Waals surface area contributed by atoms with Crippen molar-refractivity contribution in [1.82, 2.24) is 14.8 Å². The highest BCUT2D eigenvalue weighted by Crippen LogP contribution is 2.31. The molecule has 0 saturated carbocycles. The van der Waals surface area contributed by atoms with Crippen molar-refractivity contribution in [3.8, 4) is 10.6 Å². The molecule has 3 heterocycles. The molecule has 0 radical (unpaired) electrons. The number of benzene rings is 1. The smallest absolute Gasteiger partial charge is 0.259 e. The van der Waals surface area contributed by atoms with Crippen LogP contribution >= 0.6 is 11.3 Å². The number of carbonyl (C=O) groups is 2. The van der Waals surface area contributed by atoms with Gasteiger partial charge in [-0.25, -0.2) is 9.37 Å². The van der Waals surface area contributed by atoms with Gasteiger partial charge >= 0.3 is 0 Å². The first-order chi connectivity index (χ1) is 14.8. The van der Waals surface area contributed by atoms with Crippen LogP contribution in [0.25, 0.3) is 21.6 Å². The minimum Gasteiger partial charge on any atom is -0.370 e. The Bertz CT molecular complexity index is 1270. The molecule has 0 aliphatic rings. The summed E-state index contributed by atoms with van der Waals surface area (Å²) in [5.41, 5.74) is 8.11. The van der Waals surface area contributed by atoms with Crippen LogP contribution in [0.3, 0.4) is 0 Å². The van der Waals surface area contributed by atoms with Gasteiger partial charge in [0.1, 0.15) is 5.82 Å². The van der Waals surface area contributed by atoms with E-state index in [9.17, 15) is 14.0 Å². The Balaban J connectivity index is 1.88. The largest absolute Gasteiger partial charge is 0.370 e. The minimum absolute atomic E-state index is 0.0266. The van der Waals surface area contributed by atoms with Crippen molar-refractivity contribution in [2.24, 2.45) is 12.8 Å². The number of hydrogen-bond donors (Lipinski definition) is 1. The summed E-state index contributed by atoms with van der Waals surface area (Å²) in [5, 5.41) is 7.01. The molecule has 4 rings (SSSR count). The number of pyridine rings is 1. The van der Waals surface area contributed by atoms with Gasteiger partial charge in [0.15, 0.2) is 5.65 Å². The zero-order valence-corrected chi connectivity index (χ0v) is 17.8. The molecular weight excluding hydrogens is 417 g/mol. The number of amides is 2. The standard InChI is InChI=1S/C22H20FN5O2S/c1-13-20-16(12-17(18-4-3-11-31-18)25-21(20)27(2)26-13)22(30)28(10-9-19(24)29)15-7-5-14(23)6-8-15/h3-8,11-12H,9-10H2,1-2H3,(H2,24,29). The number of hydrogen-bond acceptors (Lipinski definition) is 5. The number of fused-ring (bicyclic) bond motifs is 1. The van der Waals surface area contributed by atoms with Gasteiger partial charge in [-0.2, -0.15) is 5.10 Å². The van der Waals surface area contributed by atoms with Crippen molar-refractivity contribution in [2.75, 3.05) is 11.4 Å². The van der Waals surface area contributed by atoms with Crippen LogP contribution in [-0.2, 0) is 11.8 Å². The number of halogens is 1. The highest BCUT2D eigenvalue weighted by molar-refractivity contribution is 7.13. The van der Waals surface area contributed by atoms with E-state index in [2.05, 4.69) is 5.10 Å². The Morgan fingerprint density at radius 2 is 1.97 bits per heavy atom. The van der Waals surface area contributed by atoms with E-state index in [1.807, 2.05) is 24.4 Å². The Kier molecular flexibility index (Phi) is 5.51. The van der Waals surface area contributed by atoms with Crippen molar-refractivity contribution in [3.05, 3.63) is 64.9 Å². The molecule has 0 spiro atoms. The number of aromatic nitrogens is 3. The van der Waals surface area contributed by atoms with Crippen LogP contribution in [0.5, 0.6) is 0 Å². The van der Waals surface area contributed by atoms with Gasteiger partial charge in [-0.1, -0.05) is 6.07 Å². The fourth-order valence-electron chi connectivity index (χ4n) is 3.50. The third kappa shape index (κ3) is 4.04. The summed E-state index contributed by atoms with van der Waals surface area (Å²) < 4.78 is 15.1. The van der Waals surface area contributed by atoms with E-state index in [0.717, 1.165) is 4.88 Å². The predicted octanol–water partition coefficient (Wildman–Crippen LogP) is 3.67. The van der Waals surface area contributed by atoms with E-state index in [4.69, 9.17) is 10.7 Å². The van der Waals surface area contributed by atoms with E-state index in [1.54, 1.807) is 17.8 Å². The van der Waals surface area contributed by atoms with Crippen LogP contribution in [-0.4, -0.2) is 33.1 Å². The van der Waals surface area contributed by atoms with E-state index in [1.165, 1.54) is 40.5 Å². The summed E-state index contributed by atoms with van der Waals surface area (Å²) >= 11 is 1.52. The Morgan fingerprint density at radius 3 is 2.61 bits per heavy atom. The minimum atomic E-state index is -0.531. The Morgan fingerprint density at radius 1 is 1.23 bits per heavy atom. The number of thiophene rings is 1. The zero-order valence-electron chi connectivity index (χ0n) is 17.0. The van der Waals surface area contributed by atoms with Crippen molar-refractivity contribution in [3.63, 3.8) is 0 Å². The molecule has 0 aliphatic carbocycles. The van der Waals surface area contributed by atoms with Gasteiger partial charge in [0.25, 0.3) is 5.91 Å². The summed E-state index contributed by atoms with van der Waals surface area (Å²) in [6.45, 7) is 1.88. The van der Waals surface area contributed by atoms with Crippen molar-refractivity contribution >= 4 is 39.9 Å². The number of nitrogens with two attached hydrogens (primary N) is 1. The Hall–Kier alpha value is -3.59. The van der Waals surface area contributed by atoms with Gasteiger partial charge in [0.2, 0.25) is 5.91 Å². The first-order valence-corrected chi connectivity index (χ1v) is 10.5. The van der Waals surface area contributed by atoms with E-state index in [0.29, 0.717) is 33.7 Å². The van der Waals surface area contributed by atoms with Gasteiger partial charge in [-0.3, -0.25) is 14.3 Å². The van der Waals surface area contributed by atoms with Crippen molar-refractivity contribution in [2.45, 2.75) is 13.3 Å². The van der Waals surface area contributed by atoms with Crippen LogP contribution in [0.4, 0.5) is 10.1 Å². The summed E-state index contributed by atoms with van der Waals surface area (Å²) in [5.74, 6) is -1.29. The molecule has 31 heavy (non-hydrogen) atoms. The number of anilines is 1. The molecule has 3 aromatic heterocycles. The molecule has 9 heteroatoms. The fraction of sp³-hybridized carbons (Fsp3) is 0.182. The molecule has 2 amide bonds. The van der Waals surface area contributed by atoms with Crippen LogP contribution < -0.4 is 10.6 Å². The van der Waals surface area contributed by atoms with Crippen LogP contribution in [0.1, 0.15) is 22.5 Å². The second-order valence-corrected chi connectivity index (χ2v) is 8.04. The molecule has 0 bridgehead atoms. The predicted molar refractivity (Wildman–Crippen MR) is 118 cm³/mol.